The van der Waals surface area contributed by atoms with E-state index in [0.717, 1.165) is 20.3 Å². The molecule has 4 amide bonds. The number of hydrogen-bond acceptors (Lipinski definition) is 5. The summed E-state index contributed by atoms with van der Waals surface area (Å²) in [7, 11) is 1.49. The van der Waals surface area contributed by atoms with Crippen LogP contribution in [-0.2, 0) is 9.59 Å². The molecule has 3 aromatic rings. The third kappa shape index (κ3) is 5.42. The van der Waals surface area contributed by atoms with Crippen molar-refractivity contribution in [1.29, 1.82) is 0 Å². The number of urea groups is 1. The molecule has 0 spiro atoms. The van der Waals surface area contributed by atoms with Crippen LogP contribution in [0.15, 0.2) is 94.4 Å². The highest BCUT2D eigenvalue weighted by Gasteiger charge is 2.35. The fraction of sp³-hybridized carbons (Fsp3) is 0.0800. The van der Waals surface area contributed by atoms with Gasteiger partial charge in [0.05, 0.1) is 12.8 Å². The van der Waals surface area contributed by atoms with Gasteiger partial charge in [0.25, 0.3) is 5.91 Å². The third-order valence-corrected chi connectivity index (χ3v) is 5.83. The average Bonchev–Trinajstić information content (AvgIpc) is 3.08. The molecule has 2 N–H and O–H groups in total. The molecule has 0 atom stereocenters. The Morgan fingerprint density at radius 3 is 2.36 bits per heavy atom. The molecule has 1 aliphatic heterocycles. The summed E-state index contributed by atoms with van der Waals surface area (Å²) in [6.07, 6.45) is 1.59. The lowest BCUT2D eigenvalue weighted by Gasteiger charge is -2.13. The Bertz CT molecular complexity index is 1210. The van der Waals surface area contributed by atoms with Crippen molar-refractivity contribution in [2.24, 2.45) is 0 Å². The summed E-state index contributed by atoms with van der Waals surface area (Å²) in [5, 5.41) is 5.20. The highest BCUT2D eigenvalue weighted by Crippen LogP contribution is 2.28. The van der Waals surface area contributed by atoms with Gasteiger partial charge < -0.3 is 15.4 Å². The standard InChI is InChI=1S/C25H21N3O4S/c1-32-22-10-6-5-9-20(22)26-23(29)16-28-24(30)21(27-25(28)31)15-17-11-13-19(14-12-17)33-18-7-3-2-4-8-18/h2-15H,16H2,1H3,(H,26,29)(H,27,31). The van der Waals surface area contributed by atoms with E-state index in [2.05, 4.69) is 10.6 Å². The summed E-state index contributed by atoms with van der Waals surface area (Å²) in [6, 6.07) is 23.9. The van der Waals surface area contributed by atoms with Gasteiger partial charge in [0.15, 0.2) is 0 Å². The minimum atomic E-state index is -0.641. The Labute approximate surface area is 195 Å². The van der Waals surface area contributed by atoms with Gasteiger partial charge in [-0.1, -0.05) is 54.2 Å². The Kier molecular flexibility index (Phi) is 6.75. The number of ether oxygens (including phenoxy) is 1. The van der Waals surface area contributed by atoms with Crippen molar-refractivity contribution >= 4 is 41.4 Å². The predicted octanol–water partition coefficient (Wildman–Crippen LogP) is 4.38. The maximum absolute atomic E-state index is 12.7. The maximum Gasteiger partial charge on any atom is 0.329 e. The number of anilines is 1. The lowest BCUT2D eigenvalue weighted by molar-refractivity contribution is -0.127. The SMILES string of the molecule is COc1ccccc1NC(=O)CN1C(=O)NC(=Cc2ccc(Sc3ccccc3)cc2)C1=O. The number of hydrogen-bond donors (Lipinski definition) is 2. The first-order valence-corrected chi connectivity index (χ1v) is 11.0. The second kappa shape index (κ2) is 10.1. The molecule has 33 heavy (non-hydrogen) atoms. The molecule has 0 bridgehead atoms. The molecule has 1 fully saturated rings. The van der Waals surface area contributed by atoms with E-state index in [-0.39, 0.29) is 5.70 Å². The zero-order chi connectivity index (χ0) is 23.2. The first-order chi connectivity index (χ1) is 16.0. The van der Waals surface area contributed by atoms with Gasteiger partial charge in [0.2, 0.25) is 5.91 Å². The molecule has 1 heterocycles. The van der Waals surface area contributed by atoms with E-state index in [1.807, 2.05) is 54.6 Å². The Balaban J connectivity index is 1.40. The number of rotatable bonds is 7. The van der Waals surface area contributed by atoms with Gasteiger partial charge in [-0.2, -0.15) is 0 Å². The molecule has 4 rings (SSSR count). The topological polar surface area (TPSA) is 87.7 Å². The fourth-order valence-electron chi connectivity index (χ4n) is 3.22. The van der Waals surface area contributed by atoms with E-state index in [1.54, 1.807) is 42.1 Å². The Morgan fingerprint density at radius 2 is 1.64 bits per heavy atom. The zero-order valence-corrected chi connectivity index (χ0v) is 18.6. The number of nitrogens with one attached hydrogen (secondary N) is 2. The van der Waals surface area contributed by atoms with Crippen LogP contribution in [0.25, 0.3) is 6.08 Å². The molecule has 8 heteroatoms. The molecule has 7 nitrogen and oxygen atoms in total. The molecule has 1 saturated heterocycles. The Hall–Kier alpha value is -4.04. The predicted molar refractivity (Wildman–Crippen MR) is 127 cm³/mol. The van der Waals surface area contributed by atoms with Crippen LogP contribution in [0, 0.1) is 0 Å². The van der Waals surface area contributed by atoms with E-state index in [4.69, 9.17) is 4.74 Å². The van der Waals surface area contributed by atoms with E-state index in [9.17, 15) is 14.4 Å². The van der Waals surface area contributed by atoms with Crippen LogP contribution in [0.2, 0.25) is 0 Å². The zero-order valence-electron chi connectivity index (χ0n) is 17.8. The molecule has 166 valence electrons. The van der Waals surface area contributed by atoms with Gasteiger partial charge in [-0.15, -0.1) is 0 Å². The van der Waals surface area contributed by atoms with E-state index >= 15 is 0 Å². The molecular formula is C25H21N3O4S. The first kappa shape index (κ1) is 22.2. The van der Waals surface area contributed by atoms with Crippen molar-refractivity contribution < 1.29 is 19.1 Å². The van der Waals surface area contributed by atoms with Crippen LogP contribution in [0.5, 0.6) is 5.75 Å². The first-order valence-electron chi connectivity index (χ1n) is 10.1. The highest BCUT2D eigenvalue weighted by atomic mass is 32.2. The number of carbonyl (C=O) groups excluding carboxylic acids is 3. The molecular weight excluding hydrogens is 438 g/mol. The summed E-state index contributed by atoms with van der Waals surface area (Å²) in [6.45, 7) is -0.410. The van der Waals surface area contributed by atoms with Gasteiger partial charge in [-0.05, 0) is 48.0 Å². The number of carbonyl (C=O) groups is 3. The van der Waals surface area contributed by atoms with Crippen LogP contribution in [0.3, 0.4) is 0 Å². The summed E-state index contributed by atoms with van der Waals surface area (Å²) >= 11 is 1.63. The van der Waals surface area contributed by atoms with Crippen molar-refractivity contribution in [3.63, 3.8) is 0 Å². The second-order valence-electron chi connectivity index (χ2n) is 7.11. The van der Waals surface area contributed by atoms with Gasteiger partial charge >= 0.3 is 6.03 Å². The number of para-hydroxylation sites is 2. The van der Waals surface area contributed by atoms with Crippen LogP contribution in [0.1, 0.15) is 5.56 Å². The van der Waals surface area contributed by atoms with Crippen molar-refractivity contribution in [2.45, 2.75) is 9.79 Å². The van der Waals surface area contributed by atoms with Crippen molar-refractivity contribution in [1.82, 2.24) is 10.2 Å². The largest absolute Gasteiger partial charge is 0.495 e. The number of methoxy groups -OCH3 is 1. The summed E-state index contributed by atoms with van der Waals surface area (Å²) in [4.78, 5) is 40.5. The number of amides is 4. The van der Waals surface area contributed by atoms with Crippen molar-refractivity contribution in [2.75, 3.05) is 19.0 Å². The number of imide groups is 1. The summed E-state index contributed by atoms with van der Waals surface area (Å²) in [5.41, 5.74) is 1.34. The third-order valence-electron chi connectivity index (χ3n) is 4.82. The fourth-order valence-corrected chi connectivity index (χ4v) is 4.06. The maximum atomic E-state index is 12.7. The van der Waals surface area contributed by atoms with Crippen LogP contribution >= 0.6 is 11.8 Å². The lowest BCUT2D eigenvalue weighted by Crippen LogP contribution is -2.38. The van der Waals surface area contributed by atoms with Gasteiger partial charge in [0.1, 0.15) is 18.0 Å². The molecule has 1 aliphatic rings. The molecule has 3 aromatic carbocycles. The van der Waals surface area contributed by atoms with E-state index < -0.39 is 24.4 Å². The Morgan fingerprint density at radius 1 is 0.970 bits per heavy atom. The molecule has 0 aliphatic carbocycles. The number of nitrogens with zero attached hydrogens (tertiary/aromatic N) is 1. The van der Waals surface area contributed by atoms with Gasteiger partial charge in [-0.25, -0.2) is 9.69 Å². The normalized spacial score (nSPS) is 14.3. The van der Waals surface area contributed by atoms with Crippen LogP contribution in [-0.4, -0.2) is 36.4 Å². The highest BCUT2D eigenvalue weighted by molar-refractivity contribution is 7.99. The average molecular weight is 460 g/mol. The van der Waals surface area contributed by atoms with Crippen molar-refractivity contribution in [3.8, 4) is 5.75 Å². The molecule has 0 radical (unpaired) electrons. The van der Waals surface area contributed by atoms with Crippen LogP contribution in [0.4, 0.5) is 10.5 Å². The minimum absolute atomic E-state index is 0.119. The van der Waals surface area contributed by atoms with E-state index in [0.29, 0.717) is 11.4 Å². The van der Waals surface area contributed by atoms with Crippen LogP contribution < -0.4 is 15.4 Å². The van der Waals surface area contributed by atoms with Crippen molar-refractivity contribution in [3.05, 3.63) is 90.1 Å². The van der Waals surface area contributed by atoms with E-state index in [1.165, 1.54) is 7.11 Å². The smallest absolute Gasteiger partial charge is 0.329 e. The molecule has 0 aromatic heterocycles. The van der Waals surface area contributed by atoms with Gasteiger partial charge in [0, 0.05) is 9.79 Å². The summed E-state index contributed by atoms with van der Waals surface area (Å²) < 4.78 is 5.20. The second-order valence-corrected chi connectivity index (χ2v) is 8.26. The monoisotopic (exact) mass is 459 g/mol. The number of benzene rings is 3. The van der Waals surface area contributed by atoms with Gasteiger partial charge in [-0.3, -0.25) is 9.59 Å². The molecule has 0 unspecified atom stereocenters. The quantitative estimate of drug-likeness (QED) is 0.405. The lowest BCUT2D eigenvalue weighted by atomic mass is 10.2. The summed E-state index contributed by atoms with van der Waals surface area (Å²) in [5.74, 6) is -0.582. The minimum Gasteiger partial charge on any atom is -0.495 e. The molecule has 0 saturated carbocycles.